The van der Waals surface area contributed by atoms with E-state index in [0.717, 1.165) is 37.0 Å². The molecule has 0 aromatic rings. The lowest BCUT2D eigenvalue weighted by molar-refractivity contribution is -0.122. The highest BCUT2D eigenvalue weighted by Crippen LogP contribution is 2.65. The fourth-order valence-electron chi connectivity index (χ4n) is 6.83. The van der Waals surface area contributed by atoms with Crippen molar-refractivity contribution in [3.05, 3.63) is 21.3 Å². The van der Waals surface area contributed by atoms with Gasteiger partial charge in [-0.25, -0.2) is 0 Å². The van der Waals surface area contributed by atoms with E-state index in [0.29, 0.717) is 23.3 Å². The summed E-state index contributed by atoms with van der Waals surface area (Å²) < 4.78 is 1.63. The van der Waals surface area contributed by atoms with Crippen LogP contribution in [-0.2, 0) is 4.79 Å². The molecule has 144 valence electrons. The number of amides is 1. The molecule has 1 N–H and O–H groups in total. The molecule has 0 bridgehead atoms. The first-order chi connectivity index (χ1) is 12.4. The van der Waals surface area contributed by atoms with Crippen LogP contribution in [0.5, 0.6) is 0 Å². The Hall–Kier alpha value is -0.320. The van der Waals surface area contributed by atoms with E-state index in [-0.39, 0.29) is 5.91 Å². The molecule has 0 aromatic carbocycles. The Morgan fingerprint density at radius 3 is 2.69 bits per heavy atom. The first kappa shape index (κ1) is 19.0. The SMILES string of the molecule is CCCC(=O)N[C@@H]1CC[C@@]2(C)C(=CC[C@@H]3[C@@H]2CC[C@]2(C)C(I)=CC[C@@H]32)C1. The molecule has 4 aliphatic carbocycles. The predicted octanol–water partition coefficient (Wildman–Crippen LogP) is 6.16. The summed E-state index contributed by atoms with van der Waals surface area (Å²) in [7, 11) is 0. The van der Waals surface area contributed by atoms with Crippen LogP contribution >= 0.6 is 22.6 Å². The summed E-state index contributed by atoms with van der Waals surface area (Å²) in [4.78, 5) is 12.0. The molecule has 6 atom stereocenters. The van der Waals surface area contributed by atoms with Gasteiger partial charge in [0, 0.05) is 17.9 Å². The van der Waals surface area contributed by atoms with E-state index in [1.54, 1.807) is 9.15 Å². The van der Waals surface area contributed by atoms with Crippen molar-refractivity contribution < 1.29 is 4.79 Å². The van der Waals surface area contributed by atoms with Gasteiger partial charge < -0.3 is 5.32 Å². The highest BCUT2D eigenvalue weighted by Gasteiger charge is 2.56. The maximum Gasteiger partial charge on any atom is 0.220 e. The summed E-state index contributed by atoms with van der Waals surface area (Å²) in [5.74, 6) is 2.81. The number of fused-ring (bicyclic) bond motifs is 5. The van der Waals surface area contributed by atoms with E-state index < -0.39 is 0 Å². The van der Waals surface area contributed by atoms with Crippen LogP contribution in [0.25, 0.3) is 0 Å². The lowest BCUT2D eigenvalue weighted by Gasteiger charge is -2.57. The normalized spacial score (nSPS) is 44.3. The fraction of sp³-hybridized carbons (Fsp3) is 0.783. The topological polar surface area (TPSA) is 29.1 Å². The molecule has 0 radical (unpaired) electrons. The Morgan fingerprint density at radius 1 is 1.15 bits per heavy atom. The average molecular weight is 467 g/mol. The van der Waals surface area contributed by atoms with E-state index in [1.165, 1.54) is 32.1 Å². The minimum Gasteiger partial charge on any atom is -0.353 e. The second-order valence-corrected chi connectivity index (χ2v) is 10.9. The molecule has 2 fully saturated rings. The molecule has 0 unspecified atom stereocenters. The summed E-state index contributed by atoms with van der Waals surface area (Å²) in [5, 5.41) is 3.30. The highest BCUT2D eigenvalue weighted by atomic mass is 127. The second-order valence-electron chi connectivity index (χ2n) is 9.76. The Kier molecular flexibility index (Phi) is 5.07. The molecule has 26 heavy (non-hydrogen) atoms. The van der Waals surface area contributed by atoms with Gasteiger partial charge in [0.25, 0.3) is 0 Å². The number of rotatable bonds is 3. The summed E-state index contributed by atoms with van der Waals surface area (Å²) >= 11 is 2.61. The van der Waals surface area contributed by atoms with Gasteiger partial charge >= 0.3 is 0 Å². The van der Waals surface area contributed by atoms with Crippen LogP contribution < -0.4 is 5.32 Å². The Morgan fingerprint density at radius 2 is 1.92 bits per heavy atom. The van der Waals surface area contributed by atoms with Crippen LogP contribution in [0, 0.1) is 28.6 Å². The van der Waals surface area contributed by atoms with Gasteiger partial charge in [0.1, 0.15) is 0 Å². The van der Waals surface area contributed by atoms with Crippen molar-refractivity contribution in [3.63, 3.8) is 0 Å². The molecule has 0 aromatic heterocycles. The third-order valence-electron chi connectivity index (χ3n) is 8.43. The Bertz CT molecular complexity index is 653. The molecule has 4 rings (SSSR count). The van der Waals surface area contributed by atoms with Crippen molar-refractivity contribution in [1.29, 1.82) is 0 Å². The van der Waals surface area contributed by atoms with Gasteiger partial charge in [0.05, 0.1) is 0 Å². The fourth-order valence-corrected chi connectivity index (χ4v) is 7.75. The molecule has 4 aliphatic rings. The van der Waals surface area contributed by atoms with Crippen molar-refractivity contribution in [1.82, 2.24) is 5.32 Å². The molecule has 0 heterocycles. The monoisotopic (exact) mass is 467 g/mol. The Balaban J connectivity index is 1.52. The van der Waals surface area contributed by atoms with Crippen molar-refractivity contribution in [2.24, 2.45) is 28.6 Å². The standard InChI is InChI=1S/C23H34INO/c1-4-5-21(26)25-16-10-12-22(2)15(14-16)6-7-17-18-8-9-20(24)23(18,3)13-11-19(17)22/h6,9,16-19H,4-5,7-8,10-14H2,1-3H3,(H,25,26)/t16-,17+,18+,19+,22+,23+/m1/s1. The number of hydrogen-bond donors (Lipinski definition) is 1. The number of hydrogen-bond acceptors (Lipinski definition) is 1. The van der Waals surface area contributed by atoms with Crippen molar-refractivity contribution in [3.8, 4) is 0 Å². The lowest BCUT2D eigenvalue weighted by Crippen LogP contribution is -2.51. The summed E-state index contributed by atoms with van der Waals surface area (Å²) in [5.41, 5.74) is 2.50. The minimum absolute atomic E-state index is 0.246. The van der Waals surface area contributed by atoms with E-state index in [9.17, 15) is 4.79 Å². The van der Waals surface area contributed by atoms with Crippen LogP contribution in [0.2, 0.25) is 0 Å². The number of nitrogens with one attached hydrogen (secondary N) is 1. The summed E-state index contributed by atoms with van der Waals surface area (Å²) in [6, 6.07) is 0.368. The van der Waals surface area contributed by atoms with E-state index in [2.05, 4.69) is 60.8 Å². The molecule has 2 saturated carbocycles. The lowest BCUT2D eigenvalue weighted by atomic mass is 9.48. The predicted molar refractivity (Wildman–Crippen MR) is 116 cm³/mol. The quantitative estimate of drug-likeness (QED) is 0.391. The maximum atomic E-state index is 12.0. The molecular weight excluding hydrogens is 433 g/mol. The summed E-state index contributed by atoms with van der Waals surface area (Å²) in [6.45, 7) is 7.16. The van der Waals surface area contributed by atoms with Gasteiger partial charge in [-0.1, -0.05) is 38.5 Å². The molecule has 0 spiro atoms. The summed E-state index contributed by atoms with van der Waals surface area (Å²) in [6.07, 6.45) is 15.5. The third-order valence-corrected chi connectivity index (χ3v) is 10.1. The van der Waals surface area contributed by atoms with E-state index >= 15 is 0 Å². The van der Waals surface area contributed by atoms with Gasteiger partial charge in [-0.2, -0.15) is 0 Å². The number of carbonyl (C=O) groups excluding carboxylic acids is 1. The zero-order valence-corrected chi connectivity index (χ0v) is 18.8. The average Bonchev–Trinajstić information content (AvgIpc) is 2.91. The first-order valence-electron chi connectivity index (χ1n) is 10.7. The molecule has 3 heteroatoms. The highest BCUT2D eigenvalue weighted by molar-refractivity contribution is 14.1. The van der Waals surface area contributed by atoms with Gasteiger partial charge in [0.2, 0.25) is 5.91 Å². The van der Waals surface area contributed by atoms with Crippen molar-refractivity contribution in [2.75, 3.05) is 0 Å². The number of halogens is 1. The molecule has 2 nitrogen and oxygen atoms in total. The number of allylic oxidation sites excluding steroid dienone is 3. The van der Waals surface area contributed by atoms with Gasteiger partial charge in [-0.15, -0.1) is 0 Å². The molecule has 1 amide bonds. The second kappa shape index (κ2) is 6.93. The minimum atomic E-state index is 0.246. The molecular formula is C23H34INO. The van der Waals surface area contributed by atoms with Crippen LogP contribution in [-0.4, -0.2) is 11.9 Å². The van der Waals surface area contributed by atoms with Crippen LogP contribution in [0.1, 0.15) is 78.6 Å². The van der Waals surface area contributed by atoms with Crippen molar-refractivity contribution in [2.45, 2.75) is 84.6 Å². The zero-order valence-electron chi connectivity index (χ0n) is 16.6. The van der Waals surface area contributed by atoms with Crippen LogP contribution in [0.3, 0.4) is 0 Å². The zero-order chi connectivity index (χ0) is 18.5. The largest absolute Gasteiger partial charge is 0.353 e. The van der Waals surface area contributed by atoms with Crippen LogP contribution in [0.15, 0.2) is 21.3 Å². The third kappa shape index (κ3) is 2.91. The smallest absolute Gasteiger partial charge is 0.220 e. The van der Waals surface area contributed by atoms with Crippen LogP contribution in [0.4, 0.5) is 0 Å². The molecule has 0 saturated heterocycles. The van der Waals surface area contributed by atoms with Gasteiger partial charge in [0.15, 0.2) is 0 Å². The maximum absolute atomic E-state index is 12.0. The van der Waals surface area contributed by atoms with Gasteiger partial charge in [-0.3, -0.25) is 4.79 Å². The van der Waals surface area contributed by atoms with E-state index in [4.69, 9.17) is 0 Å². The van der Waals surface area contributed by atoms with Crippen molar-refractivity contribution >= 4 is 28.5 Å². The van der Waals surface area contributed by atoms with E-state index in [1.807, 2.05) is 0 Å². The Labute approximate surface area is 172 Å². The first-order valence-corrected chi connectivity index (χ1v) is 11.8. The van der Waals surface area contributed by atoms with Gasteiger partial charge in [-0.05, 0) is 101 Å². The number of carbonyl (C=O) groups is 1. The molecule has 0 aliphatic heterocycles.